The van der Waals surface area contributed by atoms with Gasteiger partial charge in [-0.15, -0.1) is 0 Å². The Labute approximate surface area is 145 Å². The van der Waals surface area contributed by atoms with Gasteiger partial charge in [0.1, 0.15) is 17.3 Å². The van der Waals surface area contributed by atoms with Crippen LogP contribution in [0.1, 0.15) is 68.7 Å². The van der Waals surface area contributed by atoms with Gasteiger partial charge in [-0.2, -0.15) is 0 Å². The van der Waals surface area contributed by atoms with Gasteiger partial charge in [-0.1, -0.05) is 25.5 Å². The summed E-state index contributed by atoms with van der Waals surface area (Å²) in [4.78, 5) is 20.9. The lowest BCUT2D eigenvalue weighted by atomic mass is 9.97. The van der Waals surface area contributed by atoms with Crippen molar-refractivity contribution in [2.24, 2.45) is 5.92 Å². The summed E-state index contributed by atoms with van der Waals surface area (Å²) in [6.45, 7) is 7.63. The third-order valence-corrected chi connectivity index (χ3v) is 4.22. The third-order valence-electron chi connectivity index (χ3n) is 4.22. The fourth-order valence-electron chi connectivity index (χ4n) is 2.82. The molecule has 1 heterocycles. The molecule has 0 atom stereocenters. The Bertz CT molecular complexity index is 581. The Balaban J connectivity index is 1.87. The number of aromatic nitrogens is 2. The van der Waals surface area contributed by atoms with Crippen LogP contribution in [0.15, 0.2) is 17.7 Å². The van der Waals surface area contributed by atoms with Crippen LogP contribution in [-0.4, -0.2) is 29.0 Å². The van der Waals surface area contributed by atoms with Crippen LogP contribution in [0.25, 0.3) is 0 Å². The highest BCUT2D eigenvalue weighted by molar-refractivity contribution is 5.92. The molecule has 0 aromatic carbocycles. The van der Waals surface area contributed by atoms with Crippen LogP contribution in [-0.2, 0) is 0 Å². The average molecular weight is 330 g/mol. The molecule has 5 heteroatoms. The summed E-state index contributed by atoms with van der Waals surface area (Å²) in [5, 5.41) is 6.26. The molecule has 0 unspecified atom stereocenters. The molecular weight excluding hydrogens is 300 g/mol. The van der Waals surface area contributed by atoms with E-state index in [4.69, 9.17) is 0 Å². The molecule has 0 saturated carbocycles. The van der Waals surface area contributed by atoms with Crippen molar-refractivity contribution in [3.63, 3.8) is 0 Å². The molecule has 1 aromatic heterocycles. The van der Waals surface area contributed by atoms with Gasteiger partial charge in [0.25, 0.3) is 5.91 Å². The number of carbonyl (C=O) groups is 1. The molecule has 5 nitrogen and oxygen atoms in total. The van der Waals surface area contributed by atoms with Crippen molar-refractivity contribution in [2.75, 3.05) is 18.4 Å². The van der Waals surface area contributed by atoms with Gasteiger partial charge in [0.05, 0.1) is 0 Å². The molecule has 24 heavy (non-hydrogen) atoms. The second-order valence-electron chi connectivity index (χ2n) is 6.91. The highest BCUT2D eigenvalue weighted by Crippen LogP contribution is 2.20. The monoisotopic (exact) mass is 330 g/mol. The summed E-state index contributed by atoms with van der Waals surface area (Å²) in [5.74, 6) is 1.79. The highest BCUT2D eigenvalue weighted by atomic mass is 16.1. The van der Waals surface area contributed by atoms with Gasteiger partial charge < -0.3 is 10.6 Å². The average Bonchev–Trinajstić information content (AvgIpc) is 2.55. The van der Waals surface area contributed by atoms with Gasteiger partial charge in [0.2, 0.25) is 0 Å². The Kier molecular flexibility index (Phi) is 7.22. The molecular formula is C19H30N4O. The molecule has 2 N–H and O–H groups in total. The van der Waals surface area contributed by atoms with E-state index in [1.54, 1.807) is 6.07 Å². The van der Waals surface area contributed by atoms with Crippen LogP contribution in [0.3, 0.4) is 0 Å². The maximum atomic E-state index is 12.2. The minimum absolute atomic E-state index is 0.126. The molecule has 1 aromatic rings. The van der Waals surface area contributed by atoms with E-state index in [0.29, 0.717) is 24.0 Å². The predicted molar refractivity (Wildman–Crippen MR) is 98.2 cm³/mol. The van der Waals surface area contributed by atoms with Gasteiger partial charge in [0.15, 0.2) is 0 Å². The Hall–Kier alpha value is -1.91. The molecule has 1 amide bonds. The van der Waals surface area contributed by atoms with Gasteiger partial charge in [0, 0.05) is 19.2 Å². The van der Waals surface area contributed by atoms with Gasteiger partial charge in [-0.25, -0.2) is 9.97 Å². The molecule has 0 spiro atoms. The minimum atomic E-state index is -0.126. The lowest BCUT2D eigenvalue weighted by molar-refractivity contribution is 0.0946. The summed E-state index contributed by atoms with van der Waals surface area (Å²) in [6.07, 6.45) is 9.42. The molecule has 0 aliphatic heterocycles. The molecule has 0 bridgehead atoms. The largest absolute Gasteiger partial charge is 0.370 e. The summed E-state index contributed by atoms with van der Waals surface area (Å²) in [5.41, 5.74) is 1.97. The van der Waals surface area contributed by atoms with Crippen molar-refractivity contribution in [3.05, 3.63) is 29.2 Å². The van der Waals surface area contributed by atoms with Crippen molar-refractivity contribution in [2.45, 2.75) is 59.3 Å². The molecule has 0 radical (unpaired) electrons. The number of anilines is 1. The number of carbonyl (C=O) groups excluding carboxylic acids is 1. The summed E-state index contributed by atoms with van der Waals surface area (Å²) in [7, 11) is 0. The van der Waals surface area contributed by atoms with Crippen LogP contribution in [0.5, 0.6) is 0 Å². The molecule has 2 rings (SSSR count). The SMILES string of the molecule is Cc1nc(NCCC2=CCCCC2)cc(C(=O)NCCC(C)C)n1. The molecule has 0 saturated heterocycles. The highest BCUT2D eigenvalue weighted by Gasteiger charge is 2.10. The normalized spacial score (nSPS) is 14.4. The first kappa shape index (κ1) is 18.4. The van der Waals surface area contributed by atoms with E-state index >= 15 is 0 Å². The number of rotatable bonds is 8. The topological polar surface area (TPSA) is 66.9 Å². The number of allylic oxidation sites excluding steroid dienone is 1. The van der Waals surface area contributed by atoms with E-state index in [1.807, 2.05) is 6.92 Å². The maximum Gasteiger partial charge on any atom is 0.270 e. The summed E-state index contributed by atoms with van der Waals surface area (Å²) >= 11 is 0. The number of hydrogen-bond acceptors (Lipinski definition) is 4. The van der Waals surface area contributed by atoms with Crippen LogP contribution in [0.2, 0.25) is 0 Å². The van der Waals surface area contributed by atoms with E-state index in [0.717, 1.165) is 25.2 Å². The van der Waals surface area contributed by atoms with Crippen molar-refractivity contribution in [3.8, 4) is 0 Å². The lowest BCUT2D eigenvalue weighted by Gasteiger charge is -2.13. The summed E-state index contributed by atoms with van der Waals surface area (Å²) < 4.78 is 0. The van der Waals surface area contributed by atoms with Crippen molar-refractivity contribution >= 4 is 11.7 Å². The molecule has 0 fully saturated rings. The third kappa shape index (κ3) is 6.30. The zero-order valence-corrected chi connectivity index (χ0v) is 15.2. The zero-order valence-electron chi connectivity index (χ0n) is 15.2. The second-order valence-corrected chi connectivity index (χ2v) is 6.91. The van der Waals surface area contributed by atoms with E-state index < -0.39 is 0 Å². The van der Waals surface area contributed by atoms with E-state index in [1.165, 1.54) is 31.3 Å². The van der Waals surface area contributed by atoms with E-state index in [9.17, 15) is 4.79 Å². The first-order chi connectivity index (χ1) is 11.5. The Morgan fingerprint density at radius 3 is 2.79 bits per heavy atom. The van der Waals surface area contributed by atoms with E-state index in [2.05, 4.69) is 40.5 Å². The summed E-state index contributed by atoms with van der Waals surface area (Å²) in [6, 6.07) is 1.74. The number of hydrogen-bond donors (Lipinski definition) is 2. The van der Waals surface area contributed by atoms with Gasteiger partial charge in [-0.05, 0) is 51.4 Å². The first-order valence-electron chi connectivity index (χ1n) is 9.10. The molecule has 1 aliphatic rings. The number of nitrogens with zero attached hydrogens (tertiary/aromatic N) is 2. The Morgan fingerprint density at radius 2 is 2.08 bits per heavy atom. The van der Waals surface area contributed by atoms with E-state index in [-0.39, 0.29) is 5.91 Å². The van der Waals surface area contributed by atoms with Gasteiger partial charge >= 0.3 is 0 Å². The van der Waals surface area contributed by atoms with Crippen molar-refractivity contribution in [1.29, 1.82) is 0 Å². The fourth-order valence-corrected chi connectivity index (χ4v) is 2.82. The maximum absolute atomic E-state index is 12.2. The fraction of sp³-hybridized carbons (Fsp3) is 0.632. The lowest BCUT2D eigenvalue weighted by Crippen LogP contribution is -2.26. The standard InChI is InChI=1S/C19H30N4O/c1-14(2)9-11-21-19(24)17-13-18(23-15(3)22-17)20-12-10-16-7-5-4-6-8-16/h7,13-14H,4-6,8-12H2,1-3H3,(H,21,24)(H,20,22,23). The Morgan fingerprint density at radius 1 is 1.25 bits per heavy atom. The van der Waals surface area contributed by atoms with Crippen LogP contribution in [0, 0.1) is 12.8 Å². The minimum Gasteiger partial charge on any atom is -0.370 e. The van der Waals surface area contributed by atoms with Crippen molar-refractivity contribution < 1.29 is 4.79 Å². The van der Waals surface area contributed by atoms with Gasteiger partial charge in [-0.3, -0.25) is 4.79 Å². The van der Waals surface area contributed by atoms with Crippen LogP contribution in [0.4, 0.5) is 5.82 Å². The molecule has 1 aliphatic carbocycles. The number of nitrogens with one attached hydrogen (secondary N) is 2. The first-order valence-corrected chi connectivity index (χ1v) is 9.10. The molecule has 132 valence electrons. The van der Waals surface area contributed by atoms with Crippen molar-refractivity contribution in [1.82, 2.24) is 15.3 Å². The smallest absolute Gasteiger partial charge is 0.270 e. The number of amides is 1. The zero-order chi connectivity index (χ0) is 17.4. The number of aryl methyl sites for hydroxylation is 1. The second kappa shape index (κ2) is 9.40. The van der Waals surface area contributed by atoms with Crippen LogP contribution >= 0.6 is 0 Å². The van der Waals surface area contributed by atoms with Crippen LogP contribution < -0.4 is 10.6 Å². The predicted octanol–water partition coefficient (Wildman–Crippen LogP) is 3.86. The quantitative estimate of drug-likeness (QED) is 0.710.